The quantitative estimate of drug-likeness (QED) is 0.628. The molecule has 0 fully saturated rings. The molecule has 0 bridgehead atoms. The molecular weight excluding hydrogens is 378 g/mol. The molecule has 8 heteroatoms. The Morgan fingerprint density at radius 1 is 1.18 bits per heavy atom. The molecule has 0 saturated carbocycles. The zero-order valence-electron chi connectivity index (χ0n) is 16.2. The first-order chi connectivity index (χ1) is 13.5. The third-order valence-corrected chi connectivity index (χ3v) is 4.95. The van der Waals surface area contributed by atoms with Gasteiger partial charge in [-0.25, -0.2) is 4.98 Å². The van der Waals surface area contributed by atoms with Crippen LogP contribution < -0.4 is 20.3 Å². The van der Waals surface area contributed by atoms with Gasteiger partial charge in [-0.2, -0.15) is 0 Å². The number of carbonyl (C=O) groups excluding carboxylic acids is 1. The predicted octanol–water partition coefficient (Wildman–Crippen LogP) is 2.83. The van der Waals surface area contributed by atoms with Gasteiger partial charge in [0.1, 0.15) is 0 Å². The Bertz CT molecular complexity index is 1040. The fraction of sp³-hybridized carbons (Fsp3) is 0.350. The molecular formula is C20H23N3O4S. The lowest BCUT2D eigenvalue weighted by molar-refractivity contribution is 0.0953. The number of hydrogen-bond acceptors (Lipinski definition) is 6. The summed E-state index contributed by atoms with van der Waals surface area (Å²) in [6.07, 6.45) is 0.533. The van der Waals surface area contributed by atoms with Gasteiger partial charge in [-0.05, 0) is 39.0 Å². The molecule has 3 aromatic rings. The summed E-state index contributed by atoms with van der Waals surface area (Å²) in [5.74, 6) is 0.964. The van der Waals surface area contributed by atoms with Gasteiger partial charge >= 0.3 is 0 Å². The molecule has 0 saturated heterocycles. The van der Waals surface area contributed by atoms with Crippen LogP contribution in [0.25, 0.3) is 4.96 Å². The van der Waals surface area contributed by atoms with E-state index in [0.717, 1.165) is 5.69 Å². The van der Waals surface area contributed by atoms with Crippen molar-refractivity contribution in [2.24, 2.45) is 0 Å². The lowest BCUT2D eigenvalue weighted by Crippen LogP contribution is -2.27. The van der Waals surface area contributed by atoms with Crippen molar-refractivity contribution in [3.8, 4) is 11.5 Å². The summed E-state index contributed by atoms with van der Waals surface area (Å²) in [5, 5.41) is 4.79. The molecule has 148 valence electrons. The first-order valence-electron chi connectivity index (χ1n) is 9.18. The highest BCUT2D eigenvalue weighted by Gasteiger charge is 2.12. The molecule has 7 nitrogen and oxygen atoms in total. The fourth-order valence-corrected chi connectivity index (χ4v) is 3.83. The summed E-state index contributed by atoms with van der Waals surface area (Å²) < 4.78 is 12.7. The van der Waals surface area contributed by atoms with Gasteiger partial charge in [0.25, 0.3) is 11.5 Å². The summed E-state index contributed by atoms with van der Waals surface area (Å²) >= 11 is 1.42. The maximum Gasteiger partial charge on any atom is 0.258 e. The normalized spacial score (nSPS) is 10.8. The summed E-state index contributed by atoms with van der Waals surface area (Å²) in [6, 6.07) is 6.64. The SMILES string of the molecule is CCOc1ccc(C(=O)NCCc2csc3nc(C)cc(=O)n23)cc1OCC. The van der Waals surface area contributed by atoms with E-state index >= 15 is 0 Å². The Labute approximate surface area is 166 Å². The van der Waals surface area contributed by atoms with E-state index in [4.69, 9.17) is 9.47 Å². The van der Waals surface area contributed by atoms with Crippen LogP contribution in [0.15, 0.2) is 34.4 Å². The molecule has 28 heavy (non-hydrogen) atoms. The third kappa shape index (κ3) is 4.33. The van der Waals surface area contributed by atoms with Crippen LogP contribution in [0.4, 0.5) is 0 Å². The number of nitrogens with one attached hydrogen (secondary N) is 1. The van der Waals surface area contributed by atoms with Crippen LogP contribution in [0.5, 0.6) is 11.5 Å². The number of ether oxygens (including phenoxy) is 2. The van der Waals surface area contributed by atoms with Crippen LogP contribution >= 0.6 is 11.3 Å². The highest BCUT2D eigenvalue weighted by atomic mass is 32.1. The molecule has 1 amide bonds. The number of benzene rings is 1. The van der Waals surface area contributed by atoms with Gasteiger partial charge < -0.3 is 14.8 Å². The van der Waals surface area contributed by atoms with Crippen LogP contribution in [0.1, 0.15) is 35.6 Å². The summed E-state index contributed by atoms with van der Waals surface area (Å²) in [6.45, 7) is 6.99. The van der Waals surface area contributed by atoms with Crippen molar-refractivity contribution in [2.45, 2.75) is 27.2 Å². The van der Waals surface area contributed by atoms with Gasteiger partial charge in [-0.15, -0.1) is 11.3 Å². The first-order valence-corrected chi connectivity index (χ1v) is 10.1. The van der Waals surface area contributed by atoms with Crippen LogP contribution in [0.3, 0.4) is 0 Å². The molecule has 2 heterocycles. The molecule has 0 unspecified atom stereocenters. The van der Waals surface area contributed by atoms with Crippen molar-refractivity contribution >= 4 is 22.2 Å². The largest absolute Gasteiger partial charge is 0.490 e. The van der Waals surface area contributed by atoms with Crippen molar-refractivity contribution in [1.29, 1.82) is 0 Å². The van der Waals surface area contributed by atoms with E-state index in [0.29, 0.717) is 53.9 Å². The Balaban J connectivity index is 1.68. The highest BCUT2D eigenvalue weighted by molar-refractivity contribution is 7.15. The van der Waals surface area contributed by atoms with Crippen LogP contribution in [0.2, 0.25) is 0 Å². The number of aromatic nitrogens is 2. The van der Waals surface area contributed by atoms with E-state index < -0.39 is 0 Å². The minimum atomic E-state index is -0.204. The molecule has 0 aliphatic rings. The van der Waals surface area contributed by atoms with E-state index in [2.05, 4.69) is 10.3 Å². The van der Waals surface area contributed by atoms with Gasteiger partial charge in [0, 0.05) is 41.4 Å². The van der Waals surface area contributed by atoms with E-state index in [-0.39, 0.29) is 11.5 Å². The number of carbonyl (C=O) groups is 1. The maximum atomic E-state index is 12.5. The lowest BCUT2D eigenvalue weighted by Gasteiger charge is -2.12. The molecule has 1 aromatic carbocycles. The van der Waals surface area contributed by atoms with Crippen molar-refractivity contribution in [3.05, 3.63) is 57.0 Å². The smallest absolute Gasteiger partial charge is 0.258 e. The lowest BCUT2D eigenvalue weighted by atomic mass is 10.2. The Kier molecular flexibility index (Phi) is 6.30. The minimum absolute atomic E-state index is 0.0991. The molecule has 0 spiro atoms. The molecule has 0 aliphatic carbocycles. The van der Waals surface area contributed by atoms with Gasteiger partial charge in [0.05, 0.1) is 13.2 Å². The van der Waals surface area contributed by atoms with E-state index in [1.54, 1.807) is 29.5 Å². The fourth-order valence-electron chi connectivity index (χ4n) is 2.86. The highest BCUT2D eigenvalue weighted by Crippen LogP contribution is 2.28. The van der Waals surface area contributed by atoms with Gasteiger partial charge in [0.2, 0.25) is 0 Å². The number of aryl methyl sites for hydroxylation is 1. The maximum absolute atomic E-state index is 12.5. The zero-order valence-corrected chi connectivity index (χ0v) is 17.0. The topological polar surface area (TPSA) is 81.9 Å². The monoisotopic (exact) mass is 401 g/mol. The molecule has 0 radical (unpaired) electrons. The molecule has 0 atom stereocenters. The Hall–Kier alpha value is -2.87. The summed E-state index contributed by atoms with van der Waals surface area (Å²) in [5.41, 5.74) is 1.93. The third-order valence-electron chi connectivity index (χ3n) is 4.08. The Morgan fingerprint density at radius 3 is 2.68 bits per heavy atom. The molecule has 3 rings (SSSR count). The van der Waals surface area contributed by atoms with Crippen LogP contribution in [0, 0.1) is 6.92 Å². The van der Waals surface area contributed by atoms with Crippen molar-refractivity contribution in [3.63, 3.8) is 0 Å². The van der Waals surface area contributed by atoms with Gasteiger partial charge in [-0.3, -0.25) is 14.0 Å². The predicted molar refractivity (Wildman–Crippen MR) is 109 cm³/mol. The van der Waals surface area contributed by atoms with E-state index in [9.17, 15) is 9.59 Å². The van der Waals surface area contributed by atoms with E-state index in [1.807, 2.05) is 19.2 Å². The van der Waals surface area contributed by atoms with Crippen LogP contribution in [-0.2, 0) is 6.42 Å². The molecule has 1 N–H and O–H groups in total. The second kappa shape index (κ2) is 8.88. The standard InChI is InChI=1S/C20H23N3O4S/c1-4-26-16-7-6-14(11-17(16)27-5-2)19(25)21-9-8-15-12-28-20-22-13(3)10-18(24)23(15)20/h6-7,10-12H,4-5,8-9H2,1-3H3,(H,21,25). The average Bonchev–Trinajstić information content (AvgIpc) is 3.06. The second-order valence-electron chi connectivity index (χ2n) is 6.11. The van der Waals surface area contributed by atoms with Crippen molar-refractivity contribution in [1.82, 2.24) is 14.7 Å². The number of fused-ring (bicyclic) bond motifs is 1. The summed E-state index contributed by atoms with van der Waals surface area (Å²) in [4.78, 5) is 29.7. The number of rotatable bonds is 8. The average molecular weight is 401 g/mol. The minimum Gasteiger partial charge on any atom is -0.490 e. The first kappa shape index (κ1) is 19.9. The molecule has 2 aromatic heterocycles. The second-order valence-corrected chi connectivity index (χ2v) is 6.95. The van der Waals surface area contributed by atoms with Crippen molar-refractivity contribution < 1.29 is 14.3 Å². The van der Waals surface area contributed by atoms with Crippen LogP contribution in [-0.4, -0.2) is 35.1 Å². The Morgan fingerprint density at radius 2 is 1.93 bits per heavy atom. The van der Waals surface area contributed by atoms with Crippen molar-refractivity contribution in [2.75, 3.05) is 19.8 Å². The summed E-state index contributed by atoms with van der Waals surface area (Å²) in [7, 11) is 0. The zero-order chi connectivity index (χ0) is 20.1. The number of amides is 1. The number of thiazole rings is 1. The van der Waals surface area contributed by atoms with E-state index in [1.165, 1.54) is 17.4 Å². The van der Waals surface area contributed by atoms with Gasteiger partial charge in [-0.1, -0.05) is 0 Å². The van der Waals surface area contributed by atoms with Gasteiger partial charge in [0.15, 0.2) is 16.5 Å². The molecule has 0 aliphatic heterocycles. The number of nitrogens with zero attached hydrogens (tertiary/aromatic N) is 2. The number of hydrogen-bond donors (Lipinski definition) is 1.